The smallest absolute Gasteiger partial charge is 0.220 e. The van der Waals surface area contributed by atoms with E-state index in [1.165, 1.54) is 6.33 Å². The van der Waals surface area contributed by atoms with E-state index in [1.54, 1.807) is 21.3 Å². The third-order valence-electron chi connectivity index (χ3n) is 10.6. The molecule has 4 saturated heterocycles. The zero-order valence-corrected chi connectivity index (χ0v) is 29.7. The zero-order valence-electron chi connectivity index (χ0n) is 28.9. The van der Waals surface area contributed by atoms with Gasteiger partial charge in [0.15, 0.2) is 5.75 Å². The van der Waals surface area contributed by atoms with Gasteiger partial charge in [-0.15, -0.1) is 0 Å². The van der Waals surface area contributed by atoms with Crippen molar-refractivity contribution in [3.8, 4) is 51.2 Å². The molecule has 4 aliphatic rings. The summed E-state index contributed by atoms with van der Waals surface area (Å²) in [6.07, 6.45) is 4.49. The number of hydrogen-bond acceptors (Lipinski definition) is 10. The Morgan fingerprint density at radius 3 is 2.00 bits per heavy atom. The number of nitrogens with zero attached hydrogens (tertiary/aromatic N) is 5. The first-order valence-corrected chi connectivity index (χ1v) is 17.5. The number of carbonyl (C=O) groups excluding carboxylic acids is 2. The molecular formula is C38H40ClN7O5. The van der Waals surface area contributed by atoms with Crippen LogP contribution in [0.5, 0.6) is 17.4 Å². The molecule has 264 valence electrons. The number of methoxy groups -OCH3 is 3. The van der Waals surface area contributed by atoms with Crippen LogP contribution in [0, 0.1) is 0 Å². The van der Waals surface area contributed by atoms with E-state index in [9.17, 15) is 9.59 Å². The highest BCUT2D eigenvalue weighted by Crippen LogP contribution is 2.43. The molecule has 13 heteroatoms. The number of amides is 2. The van der Waals surface area contributed by atoms with Crippen molar-refractivity contribution in [2.75, 3.05) is 47.5 Å². The van der Waals surface area contributed by atoms with E-state index in [-0.39, 0.29) is 22.9 Å². The maximum absolute atomic E-state index is 11.8. The SMILES string of the molecule is COc1cc(-c2ncnc(-c3cccc(-c4ccc(CN5CC6(CCC(=O)N6)C5)c(OC)n4)c3Cl)c2OC)ccc1CN1CC2(CCC(=O)N2)C1. The van der Waals surface area contributed by atoms with Crippen LogP contribution in [-0.2, 0) is 22.7 Å². The second kappa shape index (κ2) is 13.1. The lowest BCUT2D eigenvalue weighted by Crippen LogP contribution is -2.66. The van der Waals surface area contributed by atoms with E-state index in [0.29, 0.717) is 65.2 Å². The average Bonchev–Trinajstić information content (AvgIpc) is 3.70. The summed E-state index contributed by atoms with van der Waals surface area (Å²) in [7, 11) is 4.88. The van der Waals surface area contributed by atoms with Crippen LogP contribution >= 0.6 is 11.6 Å². The van der Waals surface area contributed by atoms with Gasteiger partial charge in [0.1, 0.15) is 23.5 Å². The summed E-state index contributed by atoms with van der Waals surface area (Å²) in [5.41, 5.74) is 5.91. The van der Waals surface area contributed by atoms with Crippen molar-refractivity contribution in [3.63, 3.8) is 0 Å². The van der Waals surface area contributed by atoms with Crippen molar-refractivity contribution >= 4 is 23.4 Å². The maximum Gasteiger partial charge on any atom is 0.220 e. The fourth-order valence-corrected chi connectivity index (χ4v) is 8.47. The minimum atomic E-state index is -0.0852. The standard InChI is InChI=1S/C38H40ClN7O5/c1-49-29-15-23(7-8-24(29)16-45-18-37(19-45)13-11-30(47)43-37)33-35(50-2)34(41-22-40-33)27-6-4-5-26(32(27)39)28-10-9-25(36(42-28)51-3)17-46-20-38(21-46)14-12-31(48)44-38/h4-10,15,22H,11-14,16-21H2,1-3H3,(H,43,47)(H,44,48). The third-order valence-corrected chi connectivity index (χ3v) is 11.0. The third kappa shape index (κ3) is 6.15. The minimum Gasteiger partial charge on any atom is -0.496 e. The first kappa shape index (κ1) is 33.4. The lowest BCUT2D eigenvalue weighted by molar-refractivity contribution is -0.121. The fraction of sp³-hybridized carbons (Fsp3) is 0.395. The Balaban J connectivity index is 1.03. The molecule has 0 radical (unpaired) electrons. The Hall–Kier alpha value is -4.78. The number of halogens is 1. The summed E-state index contributed by atoms with van der Waals surface area (Å²) in [6, 6.07) is 15.8. The molecule has 2 aromatic heterocycles. The summed E-state index contributed by atoms with van der Waals surface area (Å²) in [6.45, 7) is 4.69. The second-order valence-electron chi connectivity index (χ2n) is 14.1. The van der Waals surface area contributed by atoms with Crippen molar-refractivity contribution in [1.29, 1.82) is 0 Å². The quantitative estimate of drug-likeness (QED) is 0.243. The largest absolute Gasteiger partial charge is 0.496 e. The molecule has 2 N–H and O–H groups in total. The Bertz CT molecular complexity index is 2030. The van der Waals surface area contributed by atoms with Crippen LogP contribution in [0.25, 0.3) is 33.8 Å². The number of rotatable bonds is 10. The fourth-order valence-electron chi connectivity index (χ4n) is 8.16. The number of aromatic nitrogens is 3. The van der Waals surface area contributed by atoms with Crippen molar-refractivity contribution < 1.29 is 23.8 Å². The molecule has 0 unspecified atom stereocenters. The van der Waals surface area contributed by atoms with E-state index in [1.807, 2.05) is 42.5 Å². The molecule has 0 bridgehead atoms. The number of hydrogen-bond donors (Lipinski definition) is 2. The van der Waals surface area contributed by atoms with E-state index < -0.39 is 0 Å². The van der Waals surface area contributed by atoms with Crippen LogP contribution < -0.4 is 24.8 Å². The Kier molecular flexibility index (Phi) is 8.56. The zero-order chi connectivity index (χ0) is 35.3. The molecule has 12 nitrogen and oxygen atoms in total. The average molecular weight is 710 g/mol. The van der Waals surface area contributed by atoms with Gasteiger partial charge in [-0.2, -0.15) is 0 Å². The van der Waals surface area contributed by atoms with Gasteiger partial charge in [-0.1, -0.05) is 48.0 Å². The summed E-state index contributed by atoms with van der Waals surface area (Å²) in [4.78, 5) is 42.2. The molecular weight excluding hydrogens is 670 g/mol. The van der Waals surface area contributed by atoms with E-state index >= 15 is 0 Å². The molecule has 2 spiro atoms. The molecule has 4 aliphatic heterocycles. The normalized spacial score (nSPS) is 19.1. The van der Waals surface area contributed by atoms with Crippen LogP contribution in [0.15, 0.2) is 54.9 Å². The minimum absolute atomic E-state index is 0.0752. The molecule has 2 amide bonds. The molecule has 0 saturated carbocycles. The summed E-state index contributed by atoms with van der Waals surface area (Å²) in [5, 5.41) is 6.76. The van der Waals surface area contributed by atoms with E-state index in [0.717, 1.165) is 67.0 Å². The summed E-state index contributed by atoms with van der Waals surface area (Å²) < 4.78 is 17.5. The van der Waals surface area contributed by atoms with Crippen LogP contribution in [0.1, 0.15) is 36.8 Å². The van der Waals surface area contributed by atoms with Crippen molar-refractivity contribution in [2.45, 2.75) is 49.9 Å². The van der Waals surface area contributed by atoms with E-state index in [4.69, 9.17) is 30.8 Å². The van der Waals surface area contributed by atoms with Crippen molar-refractivity contribution in [3.05, 3.63) is 71.0 Å². The van der Waals surface area contributed by atoms with Gasteiger partial charge in [0.25, 0.3) is 0 Å². The number of pyridine rings is 1. The topological polar surface area (TPSA) is 131 Å². The number of benzene rings is 2. The molecule has 51 heavy (non-hydrogen) atoms. The monoisotopic (exact) mass is 709 g/mol. The highest BCUT2D eigenvalue weighted by Gasteiger charge is 2.48. The first-order chi connectivity index (χ1) is 24.7. The van der Waals surface area contributed by atoms with Crippen molar-refractivity contribution in [1.82, 2.24) is 35.4 Å². The van der Waals surface area contributed by atoms with Crippen LogP contribution in [-0.4, -0.2) is 95.2 Å². The lowest BCUT2D eigenvalue weighted by atomic mass is 9.88. The first-order valence-electron chi connectivity index (χ1n) is 17.2. The number of nitrogens with one attached hydrogen (secondary N) is 2. The van der Waals surface area contributed by atoms with Gasteiger partial charge < -0.3 is 24.8 Å². The number of likely N-dealkylation sites (tertiary alicyclic amines) is 2. The van der Waals surface area contributed by atoms with Gasteiger partial charge >= 0.3 is 0 Å². The van der Waals surface area contributed by atoms with Gasteiger partial charge in [-0.3, -0.25) is 19.4 Å². The summed E-state index contributed by atoms with van der Waals surface area (Å²) >= 11 is 7.14. The van der Waals surface area contributed by atoms with E-state index in [2.05, 4.69) is 36.5 Å². The molecule has 8 rings (SSSR count). The Morgan fingerprint density at radius 1 is 0.765 bits per heavy atom. The number of ether oxygens (including phenoxy) is 3. The Labute approximate surface area is 301 Å². The van der Waals surface area contributed by atoms with Crippen molar-refractivity contribution in [2.24, 2.45) is 0 Å². The van der Waals surface area contributed by atoms with Crippen LogP contribution in [0.2, 0.25) is 5.02 Å². The molecule has 0 atom stereocenters. The molecule has 4 fully saturated rings. The number of carbonyl (C=O) groups is 2. The van der Waals surface area contributed by atoms with Gasteiger partial charge in [-0.05, 0) is 25.0 Å². The summed E-state index contributed by atoms with van der Waals surface area (Å²) in [5.74, 6) is 2.04. The highest BCUT2D eigenvalue weighted by molar-refractivity contribution is 6.36. The second-order valence-corrected chi connectivity index (χ2v) is 14.5. The van der Waals surface area contributed by atoms with Gasteiger partial charge in [0, 0.05) is 79.9 Å². The predicted molar refractivity (Wildman–Crippen MR) is 192 cm³/mol. The predicted octanol–water partition coefficient (Wildman–Crippen LogP) is 4.48. The highest BCUT2D eigenvalue weighted by atomic mass is 35.5. The maximum atomic E-state index is 11.8. The molecule has 0 aliphatic carbocycles. The lowest BCUT2D eigenvalue weighted by Gasteiger charge is -2.48. The van der Waals surface area contributed by atoms with Gasteiger partial charge in [0.05, 0.1) is 43.1 Å². The van der Waals surface area contributed by atoms with Gasteiger partial charge in [0.2, 0.25) is 17.7 Å². The molecule has 2 aromatic carbocycles. The van der Waals surface area contributed by atoms with Crippen LogP contribution in [0.3, 0.4) is 0 Å². The molecule has 4 aromatic rings. The Morgan fingerprint density at radius 2 is 1.39 bits per heavy atom. The molecule has 6 heterocycles. The van der Waals surface area contributed by atoms with Gasteiger partial charge in [-0.25, -0.2) is 15.0 Å². The van der Waals surface area contributed by atoms with Crippen LogP contribution in [0.4, 0.5) is 0 Å².